The molecule has 1 aromatic carbocycles. The second kappa shape index (κ2) is 6.76. The number of hydrogen-bond donors (Lipinski definition) is 2. The van der Waals surface area contributed by atoms with Crippen molar-refractivity contribution in [1.82, 2.24) is 15.5 Å². The first-order valence-electron chi connectivity index (χ1n) is 6.47. The minimum atomic E-state index is 0.0687. The Morgan fingerprint density at radius 2 is 2.29 bits per heavy atom. The lowest BCUT2D eigenvalue weighted by Crippen LogP contribution is -2.26. The quantitative estimate of drug-likeness (QED) is 0.746. The molecule has 0 spiro atoms. The van der Waals surface area contributed by atoms with E-state index < -0.39 is 0 Å². The number of benzene rings is 1. The number of anilines is 2. The Hall–Kier alpha value is -1.12. The number of nitrogens with one attached hydrogen (secondary N) is 2. The summed E-state index contributed by atoms with van der Waals surface area (Å²) >= 11 is 6.29. The summed E-state index contributed by atoms with van der Waals surface area (Å²) in [5, 5.41) is 15.0. The average molecular weight is 385 g/mol. The fraction of sp³-hybridized carbons (Fsp3) is 0.308. The predicted octanol–water partition coefficient (Wildman–Crippen LogP) is 3.41. The molecule has 0 atom stereocenters. The van der Waals surface area contributed by atoms with Crippen molar-refractivity contribution in [1.29, 1.82) is 0 Å². The van der Waals surface area contributed by atoms with Gasteiger partial charge >= 0.3 is 0 Å². The SMILES string of the molecule is O=C(CSc1nnc(Nc2cccc(Br)c2)s1)NC1CC1. The molecular formula is C13H13BrN4OS2. The number of aromatic nitrogens is 2. The van der Waals surface area contributed by atoms with Gasteiger partial charge in [0, 0.05) is 16.2 Å². The summed E-state index contributed by atoms with van der Waals surface area (Å²) in [6.45, 7) is 0. The molecular weight excluding hydrogens is 372 g/mol. The molecule has 3 rings (SSSR count). The van der Waals surface area contributed by atoms with Crippen LogP contribution in [0, 0.1) is 0 Å². The van der Waals surface area contributed by atoms with E-state index in [0.717, 1.165) is 32.5 Å². The largest absolute Gasteiger partial charge is 0.353 e. The van der Waals surface area contributed by atoms with Crippen LogP contribution in [-0.4, -0.2) is 27.9 Å². The molecule has 5 nitrogen and oxygen atoms in total. The van der Waals surface area contributed by atoms with Crippen molar-refractivity contribution < 1.29 is 4.79 Å². The van der Waals surface area contributed by atoms with Crippen molar-refractivity contribution in [2.45, 2.75) is 23.2 Å². The molecule has 21 heavy (non-hydrogen) atoms. The zero-order chi connectivity index (χ0) is 14.7. The first-order chi connectivity index (χ1) is 10.2. The molecule has 110 valence electrons. The minimum absolute atomic E-state index is 0.0687. The van der Waals surface area contributed by atoms with Gasteiger partial charge in [-0.25, -0.2) is 0 Å². The molecule has 1 heterocycles. The monoisotopic (exact) mass is 384 g/mol. The van der Waals surface area contributed by atoms with Gasteiger partial charge in [-0.15, -0.1) is 10.2 Å². The Morgan fingerprint density at radius 1 is 1.43 bits per heavy atom. The average Bonchev–Trinajstić information content (AvgIpc) is 3.14. The van der Waals surface area contributed by atoms with Gasteiger partial charge in [-0.1, -0.05) is 45.1 Å². The molecule has 0 unspecified atom stereocenters. The van der Waals surface area contributed by atoms with Crippen molar-refractivity contribution in [3.05, 3.63) is 28.7 Å². The highest BCUT2D eigenvalue weighted by Gasteiger charge is 2.23. The molecule has 0 radical (unpaired) electrons. The van der Waals surface area contributed by atoms with Gasteiger partial charge in [0.1, 0.15) is 0 Å². The fourth-order valence-electron chi connectivity index (χ4n) is 1.63. The van der Waals surface area contributed by atoms with E-state index in [9.17, 15) is 4.79 Å². The van der Waals surface area contributed by atoms with Crippen LogP contribution in [0.1, 0.15) is 12.8 Å². The summed E-state index contributed by atoms with van der Waals surface area (Å²) in [5.41, 5.74) is 0.948. The van der Waals surface area contributed by atoms with E-state index in [1.165, 1.54) is 23.1 Å². The molecule has 1 aliphatic rings. The van der Waals surface area contributed by atoms with E-state index in [1.807, 2.05) is 24.3 Å². The normalized spacial score (nSPS) is 14.0. The highest BCUT2D eigenvalue weighted by molar-refractivity contribution is 9.10. The third-order valence-corrected chi connectivity index (χ3v) is 5.22. The van der Waals surface area contributed by atoms with Gasteiger partial charge in [0.05, 0.1) is 5.75 Å². The summed E-state index contributed by atoms with van der Waals surface area (Å²) in [5.74, 6) is 0.460. The number of hydrogen-bond acceptors (Lipinski definition) is 6. The molecule has 1 saturated carbocycles. The van der Waals surface area contributed by atoms with Gasteiger partial charge < -0.3 is 10.6 Å². The van der Waals surface area contributed by atoms with Gasteiger partial charge in [0.15, 0.2) is 4.34 Å². The van der Waals surface area contributed by atoms with Crippen molar-refractivity contribution >= 4 is 55.8 Å². The van der Waals surface area contributed by atoms with E-state index >= 15 is 0 Å². The third kappa shape index (κ3) is 4.69. The summed E-state index contributed by atoms with van der Waals surface area (Å²) in [6.07, 6.45) is 2.21. The molecule has 1 aliphatic carbocycles. The predicted molar refractivity (Wildman–Crippen MR) is 89.2 cm³/mol. The van der Waals surface area contributed by atoms with E-state index in [4.69, 9.17) is 0 Å². The van der Waals surface area contributed by atoms with Crippen LogP contribution in [-0.2, 0) is 4.79 Å². The van der Waals surface area contributed by atoms with Gasteiger partial charge in [0.25, 0.3) is 0 Å². The van der Waals surface area contributed by atoms with Crippen LogP contribution in [0.5, 0.6) is 0 Å². The van der Waals surface area contributed by atoms with Crippen LogP contribution >= 0.6 is 39.0 Å². The maximum Gasteiger partial charge on any atom is 0.230 e. The number of carbonyl (C=O) groups excluding carboxylic acids is 1. The number of nitrogens with zero attached hydrogens (tertiary/aromatic N) is 2. The van der Waals surface area contributed by atoms with E-state index in [2.05, 4.69) is 36.8 Å². The number of rotatable bonds is 6. The van der Waals surface area contributed by atoms with Gasteiger partial charge in [0.2, 0.25) is 11.0 Å². The number of halogens is 1. The fourth-order valence-corrected chi connectivity index (χ4v) is 3.62. The summed E-state index contributed by atoms with van der Waals surface area (Å²) < 4.78 is 1.79. The van der Waals surface area contributed by atoms with E-state index in [-0.39, 0.29) is 5.91 Å². The minimum Gasteiger partial charge on any atom is -0.353 e. The number of amides is 1. The molecule has 8 heteroatoms. The lowest BCUT2D eigenvalue weighted by atomic mass is 10.3. The molecule has 2 N–H and O–H groups in total. The topological polar surface area (TPSA) is 66.9 Å². The standard InChI is InChI=1S/C13H13BrN4OS2/c14-8-2-1-3-10(6-8)16-12-17-18-13(21-12)20-7-11(19)15-9-4-5-9/h1-3,6,9H,4-5,7H2,(H,15,19)(H,16,17). The van der Waals surface area contributed by atoms with Crippen molar-refractivity contribution in [3.63, 3.8) is 0 Å². The van der Waals surface area contributed by atoms with E-state index in [0.29, 0.717) is 11.8 Å². The van der Waals surface area contributed by atoms with Crippen LogP contribution in [0.4, 0.5) is 10.8 Å². The van der Waals surface area contributed by atoms with Crippen molar-refractivity contribution in [2.75, 3.05) is 11.1 Å². The molecule has 0 aliphatic heterocycles. The highest BCUT2D eigenvalue weighted by Crippen LogP contribution is 2.28. The Morgan fingerprint density at radius 3 is 3.05 bits per heavy atom. The second-order valence-corrected chi connectivity index (χ2v) is 7.75. The lowest BCUT2D eigenvalue weighted by Gasteiger charge is -2.01. The number of carbonyl (C=O) groups is 1. The molecule has 1 aromatic heterocycles. The maximum atomic E-state index is 11.6. The molecule has 0 saturated heterocycles. The smallest absolute Gasteiger partial charge is 0.230 e. The first kappa shape index (κ1) is 14.8. The Balaban J connectivity index is 1.52. The van der Waals surface area contributed by atoms with Crippen molar-refractivity contribution in [2.24, 2.45) is 0 Å². The Kier molecular flexibility index (Phi) is 4.77. The zero-order valence-corrected chi connectivity index (χ0v) is 14.2. The maximum absolute atomic E-state index is 11.6. The molecule has 1 fully saturated rings. The summed E-state index contributed by atoms with van der Waals surface area (Å²) in [6, 6.07) is 8.25. The summed E-state index contributed by atoms with van der Waals surface area (Å²) in [7, 11) is 0. The van der Waals surface area contributed by atoms with Crippen molar-refractivity contribution in [3.8, 4) is 0 Å². The third-order valence-electron chi connectivity index (χ3n) is 2.75. The molecule has 2 aromatic rings. The summed E-state index contributed by atoms with van der Waals surface area (Å²) in [4.78, 5) is 11.6. The van der Waals surface area contributed by atoms with Crippen LogP contribution in [0.15, 0.2) is 33.1 Å². The van der Waals surface area contributed by atoms with E-state index in [1.54, 1.807) is 0 Å². The molecule has 1 amide bonds. The van der Waals surface area contributed by atoms with Gasteiger partial charge in [-0.3, -0.25) is 4.79 Å². The van der Waals surface area contributed by atoms with Gasteiger partial charge in [-0.2, -0.15) is 0 Å². The Bertz CT molecular complexity index is 645. The Labute approximate surface area is 139 Å². The van der Waals surface area contributed by atoms with Crippen LogP contribution in [0.25, 0.3) is 0 Å². The number of thioether (sulfide) groups is 1. The van der Waals surface area contributed by atoms with Crippen LogP contribution < -0.4 is 10.6 Å². The first-order valence-corrected chi connectivity index (χ1v) is 9.07. The zero-order valence-electron chi connectivity index (χ0n) is 11.0. The van der Waals surface area contributed by atoms with Gasteiger partial charge in [-0.05, 0) is 31.0 Å². The van der Waals surface area contributed by atoms with Crippen LogP contribution in [0.2, 0.25) is 0 Å². The lowest BCUT2D eigenvalue weighted by molar-refractivity contribution is -0.118. The highest BCUT2D eigenvalue weighted by atomic mass is 79.9. The van der Waals surface area contributed by atoms with Crippen LogP contribution in [0.3, 0.4) is 0 Å². The molecule has 0 bridgehead atoms. The second-order valence-electron chi connectivity index (χ2n) is 4.64.